The van der Waals surface area contributed by atoms with Crippen molar-refractivity contribution in [2.45, 2.75) is 26.4 Å². The summed E-state index contributed by atoms with van der Waals surface area (Å²) in [6.45, 7) is 5.09. The highest BCUT2D eigenvalue weighted by Crippen LogP contribution is 2.36. The van der Waals surface area contributed by atoms with Gasteiger partial charge < -0.3 is 10.6 Å². The van der Waals surface area contributed by atoms with Crippen molar-refractivity contribution in [3.63, 3.8) is 0 Å². The SMILES string of the molecule is C/C=C\C/C(C)=C1/C=NN(c2ccc(NC)cc2)C1.O=CNc1ccc(Cl)c(C(F)(F)F)c1. The molecular formula is C24H26ClF3N4O. The summed E-state index contributed by atoms with van der Waals surface area (Å²) in [6.07, 6.45) is 3.03. The van der Waals surface area contributed by atoms with Gasteiger partial charge in [-0.25, -0.2) is 0 Å². The highest BCUT2D eigenvalue weighted by molar-refractivity contribution is 6.31. The number of carbonyl (C=O) groups is 1. The second-order valence-electron chi connectivity index (χ2n) is 7.13. The number of amides is 1. The maximum absolute atomic E-state index is 12.3. The van der Waals surface area contributed by atoms with E-state index in [4.69, 9.17) is 11.6 Å². The second-order valence-corrected chi connectivity index (χ2v) is 7.54. The number of anilines is 3. The first-order chi connectivity index (χ1) is 15.7. The molecular weight excluding hydrogens is 453 g/mol. The van der Waals surface area contributed by atoms with Gasteiger partial charge in [0.2, 0.25) is 6.41 Å². The minimum Gasteiger partial charge on any atom is -0.388 e. The van der Waals surface area contributed by atoms with Crippen LogP contribution >= 0.6 is 11.6 Å². The molecule has 1 heterocycles. The fourth-order valence-electron chi connectivity index (χ4n) is 2.91. The van der Waals surface area contributed by atoms with Crippen LogP contribution in [0.25, 0.3) is 0 Å². The average Bonchev–Trinajstić information content (AvgIpc) is 3.29. The smallest absolute Gasteiger partial charge is 0.388 e. The molecule has 2 N–H and O–H groups in total. The van der Waals surface area contributed by atoms with Gasteiger partial charge in [-0.15, -0.1) is 0 Å². The van der Waals surface area contributed by atoms with Crippen LogP contribution in [0.4, 0.5) is 30.2 Å². The van der Waals surface area contributed by atoms with Gasteiger partial charge in [0.25, 0.3) is 0 Å². The Balaban J connectivity index is 0.000000245. The summed E-state index contributed by atoms with van der Waals surface area (Å²) in [5.74, 6) is 0. The first kappa shape index (κ1) is 26.0. The number of hydrogen-bond donors (Lipinski definition) is 2. The van der Waals surface area contributed by atoms with Crippen LogP contribution < -0.4 is 15.6 Å². The Bertz CT molecular complexity index is 1030. The number of halogens is 4. The number of benzene rings is 2. The largest absolute Gasteiger partial charge is 0.417 e. The third kappa shape index (κ3) is 7.68. The molecule has 0 bridgehead atoms. The third-order valence-corrected chi connectivity index (χ3v) is 5.16. The minimum absolute atomic E-state index is 0.0525. The van der Waals surface area contributed by atoms with Gasteiger partial charge in [-0.3, -0.25) is 9.80 Å². The fraction of sp³-hybridized carbons (Fsp3) is 0.250. The third-order valence-electron chi connectivity index (χ3n) is 4.83. The van der Waals surface area contributed by atoms with Crippen molar-refractivity contribution >= 4 is 41.3 Å². The number of nitrogens with one attached hydrogen (secondary N) is 2. The van der Waals surface area contributed by atoms with Crippen molar-refractivity contribution in [3.05, 3.63) is 76.3 Å². The van der Waals surface area contributed by atoms with Crippen molar-refractivity contribution in [1.82, 2.24) is 0 Å². The second kappa shape index (κ2) is 12.1. The quantitative estimate of drug-likeness (QED) is 0.357. The molecule has 0 saturated carbocycles. The molecule has 9 heteroatoms. The van der Waals surface area contributed by atoms with Crippen LogP contribution in [0.5, 0.6) is 0 Å². The summed E-state index contributed by atoms with van der Waals surface area (Å²) in [5, 5.41) is 11.3. The summed E-state index contributed by atoms with van der Waals surface area (Å²) in [5.41, 5.74) is 4.03. The van der Waals surface area contributed by atoms with Crippen molar-refractivity contribution in [2.24, 2.45) is 5.10 Å². The number of allylic oxidation sites excluding steroid dienone is 3. The van der Waals surface area contributed by atoms with E-state index in [2.05, 4.69) is 66.0 Å². The molecule has 0 aliphatic carbocycles. The predicted molar refractivity (Wildman–Crippen MR) is 130 cm³/mol. The van der Waals surface area contributed by atoms with E-state index in [0.717, 1.165) is 36.5 Å². The Morgan fingerprint density at radius 3 is 2.42 bits per heavy atom. The molecule has 176 valence electrons. The number of rotatable bonds is 6. The molecule has 2 aromatic carbocycles. The van der Waals surface area contributed by atoms with Crippen molar-refractivity contribution < 1.29 is 18.0 Å². The van der Waals surface area contributed by atoms with Crippen LogP contribution in [0.2, 0.25) is 5.02 Å². The van der Waals surface area contributed by atoms with Crippen LogP contribution in [-0.4, -0.2) is 26.2 Å². The van der Waals surface area contributed by atoms with E-state index in [9.17, 15) is 18.0 Å². The van der Waals surface area contributed by atoms with Crippen molar-refractivity contribution in [1.29, 1.82) is 0 Å². The molecule has 0 unspecified atom stereocenters. The Hall–Kier alpha value is -3.26. The standard InChI is InChI=1S/C16H21N3.C8H5ClF3NO/c1-4-5-6-13(2)14-11-18-19(12-14)16-9-7-15(17-3)8-10-16;9-7-2-1-5(13-4-14)3-6(7)8(10,11)12/h4-5,7-11,17H,6,12H2,1-3H3;1-4H,(H,13,14)/b5-4-,14-13-;. The van der Waals surface area contributed by atoms with Gasteiger partial charge in [-0.1, -0.05) is 29.3 Å². The van der Waals surface area contributed by atoms with Crippen molar-refractivity contribution in [2.75, 3.05) is 29.2 Å². The molecule has 1 aliphatic rings. The Morgan fingerprint density at radius 2 is 1.85 bits per heavy atom. The lowest BCUT2D eigenvalue weighted by atomic mass is 10.1. The molecule has 2 aromatic rings. The van der Waals surface area contributed by atoms with Crippen LogP contribution in [0.15, 0.2) is 70.9 Å². The van der Waals surface area contributed by atoms with Crippen molar-refractivity contribution in [3.8, 4) is 0 Å². The molecule has 0 atom stereocenters. The molecule has 0 radical (unpaired) electrons. The first-order valence-electron chi connectivity index (χ1n) is 10.2. The van der Waals surface area contributed by atoms with E-state index in [1.807, 2.05) is 18.3 Å². The van der Waals surface area contributed by atoms with Gasteiger partial charge in [0.05, 0.1) is 29.0 Å². The number of hydrogen-bond acceptors (Lipinski definition) is 4. The lowest BCUT2D eigenvalue weighted by Crippen LogP contribution is -2.13. The molecule has 0 spiro atoms. The first-order valence-corrected chi connectivity index (χ1v) is 10.5. The molecule has 1 aliphatic heterocycles. The van der Waals surface area contributed by atoms with Gasteiger partial charge in [0.15, 0.2) is 0 Å². The van der Waals surface area contributed by atoms with E-state index in [-0.39, 0.29) is 5.69 Å². The zero-order valence-corrected chi connectivity index (χ0v) is 19.3. The molecule has 33 heavy (non-hydrogen) atoms. The zero-order valence-electron chi connectivity index (χ0n) is 18.6. The highest BCUT2D eigenvalue weighted by atomic mass is 35.5. The molecule has 5 nitrogen and oxygen atoms in total. The summed E-state index contributed by atoms with van der Waals surface area (Å²) < 4.78 is 36.8. The van der Waals surface area contributed by atoms with E-state index in [1.165, 1.54) is 17.2 Å². The minimum atomic E-state index is -4.52. The fourth-order valence-corrected chi connectivity index (χ4v) is 3.14. The van der Waals surface area contributed by atoms with E-state index < -0.39 is 16.8 Å². The topological polar surface area (TPSA) is 56.7 Å². The van der Waals surface area contributed by atoms with Crippen LogP contribution in [0.3, 0.4) is 0 Å². The Morgan fingerprint density at radius 1 is 1.18 bits per heavy atom. The summed E-state index contributed by atoms with van der Waals surface area (Å²) in [6, 6.07) is 11.5. The Kier molecular flexibility index (Phi) is 9.54. The van der Waals surface area contributed by atoms with Gasteiger partial charge in [-0.05, 0) is 68.3 Å². The predicted octanol–water partition coefficient (Wildman–Crippen LogP) is 6.74. The zero-order chi connectivity index (χ0) is 24.4. The lowest BCUT2D eigenvalue weighted by Gasteiger charge is -2.14. The number of nitrogens with zero attached hydrogens (tertiary/aromatic N) is 2. The number of alkyl halides is 3. The number of hydrazone groups is 1. The summed E-state index contributed by atoms with van der Waals surface area (Å²) in [7, 11) is 1.93. The maximum atomic E-state index is 12.3. The molecule has 0 fully saturated rings. The highest BCUT2D eigenvalue weighted by Gasteiger charge is 2.33. The van der Waals surface area contributed by atoms with Gasteiger partial charge in [-0.2, -0.15) is 18.3 Å². The van der Waals surface area contributed by atoms with E-state index in [1.54, 1.807) is 0 Å². The van der Waals surface area contributed by atoms with Gasteiger partial charge in [0.1, 0.15) is 0 Å². The molecule has 1 amide bonds. The molecule has 0 saturated heterocycles. The molecule has 3 rings (SSSR count). The Labute approximate surface area is 196 Å². The summed E-state index contributed by atoms with van der Waals surface area (Å²) >= 11 is 5.34. The van der Waals surface area contributed by atoms with Crippen LogP contribution in [0, 0.1) is 0 Å². The monoisotopic (exact) mass is 478 g/mol. The normalized spacial score (nSPS) is 14.7. The van der Waals surface area contributed by atoms with Gasteiger partial charge >= 0.3 is 6.18 Å². The van der Waals surface area contributed by atoms with Gasteiger partial charge in [0, 0.05) is 18.4 Å². The van der Waals surface area contributed by atoms with E-state index in [0.29, 0.717) is 6.41 Å². The van der Waals surface area contributed by atoms with E-state index >= 15 is 0 Å². The molecule has 0 aromatic heterocycles. The van der Waals surface area contributed by atoms with Crippen LogP contribution in [-0.2, 0) is 11.0 Å². The average molecular weight is 479 g/mol. The lowest BCUT2D eigenvalue weighted by molar-refractivity contribution is -0.137. The maximum Gasteiger partial charge on any atom is 0.417 e. The number of carbonyl (C=O) groups excluding carboxylic acids is 1. The summed E-state index contributed by atoms with van der Waals surface area (Å²) in [4.78, 5) is 9.99. The van der Waals surface area contributed by atoms with Crippen LogP contribution in [0.1, 0.15) is 25.8 Å².